The van der Waals surface area contributed by atoms with Crippen molar-refractivity contribution >= 4 is 10.0 Å². The Morgan fingerprint density at radius 3 is 2.50 bits per heavy atom. The van der Waals surface area contributed by atoms with Crippen molar-refractivity contribution < 1.29 is 13.2 Å². The van der Waals surface area contributed by atoms with Gasteiger partial charge in [-0.1, -0.05) is 25.7 Å². The third kappa shape index (κ3) is 5.23. The molecule has 0 aliphatic heterocycles. The van der Waals surface area contributed by atoms with Crippen molar-refractivity contribution in [1.82, 2.24) is 15.0 Å². The number of ether oxygens (including phenoxy) is 1. The zero-order valence-electron chi connectivity index (χ0n) is 13.0. The molecule has 0 spiro atoms. The summed E-state index contributed by atoms with van der Waals surface area (Å²) in [5.74, 6) is 0.397. The smallest absolute Gasteiger partial charge is 0.242 e. The van der Waals surface area contributed by atoms with Gasteiger partial charge in [-0.25, -0.2) is 18.1 Å². The fourth-order valence-electron chi connectivity index (χ4n) is 2.67. The number of methoxy groups -OCH3 is 1. The van der Waals surface area contributed by atoms with Gasteiger partial charge in [0.15, 0.2) is 0 Å². The van der Waals surface area contributed by atoms with Crippen LogP contribution in [0.1, 0.15) is 38.5 Å². The SMILES string of the molecule is COc1ccc(S(=O)(=O)NCCNC2CCCCCC2)cn1. The number of nitrogens with one attached hydrogen (secondary N) is 2. The first-order chi connectivity index (χ1) is 10.6. The maximum absolute atomic E-state index is 12.1. The molecule has 6 nitrogen and oxygen atoms in total. The Morgan fingerprint density at radius 2 is 1.91 bits per heavy atom. The van der Waals surface area contributed by atoms with Crippen molar-refractivity contribution in [3.8, 4) is 5.88 Å². The lowest BCUT2D eigenvalue weighted by molar-refractivity contribution is 0.397. The van der Waals surface area contributed by atoms with Gasteiger partial charge in [0.25, 0.3) is 0 Å². The van der Waals surface area contributed by atoms with Crippen LogP contribution >= 0.6 is 0 Å². The molecule has 22 heavy (non-hydrogen) atoms. The van der Waals surface area contributed by atoms with Crippen LogP contribution in [0.25, 0.3) is 0 Å². The zero-order chi connectivity index (χ0) is 15.8. The summed E-state index contributed by atoms with van der Waals surface area (Å²) in [6.07, 6.45) is 8.84. The van der Waals surface area contributed by atoms with Gasteiger partial charge in [0.05, 0.1) is 13.3 Å². The third-order valence-corrected chi connectivity index (χ3v) is 5.38. The third-order valence-electron chi connectivity index (χ3n) is 3.93. The van der Waals surface area contributed by atoms with Crippen molar-refractivity contribution in [2.45, 2.75) is 49.5 Å². The molecule has 0 radical (unpaired) electrons. The molecule has 2 rings (SSSR count). The van der Waals surface area contributed by atoms with E-state index in [1.807, 2.05) is 0 Å². The monoisotopic (exact) mass is 327 g/mol. The molecule has 1 heterocycles. The first kappa shape index (κ1) is 17.2. The van der Waals surface area contributed by atoms with Gasteiger partial charge in [0.2, 0.25) is 15.9 Å². The number of sulfonamides is 1. The number of hydrogen-bond acceptors (Lipinski definition) is 5. The van der Waals surface area contributed by atoms with Crippen LogP contribution in [0, 0.1) is 0 Å². The molecule has 0 atom stereocenters. The Morgan fingerprint density at radius 1 is 1.18 bits per heavy atom. The fraction of sp³-hybridized carbons (Fsp3) is 0.667. The van der Waals surface area contributed by atoms with Crippen LogP contribution in [0.3, 0.4) is 0 Å². The van der Waals surface area contributed by atoms with Gasteiger partial charge in [-0.2, -0.15) is 0 Å². The van der Waals surface area contributed by atoms with Crippen LogP contribution in [-0.4, -0.2) is 39.6 Å². The summed E-state index contributed by atoms with van der Waals surface area (Å²) in [4.78, 5) is 4.07. The van der Waals surface area contributed by atoms with E-state index in [9.17, 15) is 8.42 Å². The molecule has 1 aliphatic carbocycles. The maximum Gasteiger partial charge on any atom is 0.242 e. The number of nitrogens with zero attached hydrogens (tertiary/aromatic N) is 1. The maximum atomic E-state index is 12.1. The predicted molar refractivity (Wildman–Crippen MR) is 85.5 cm³/mol. The van der Waals surface area contributed by atoms with Gasteiger partial charge in [-0.15, -0.1) is 0 Å². The molecule has 2 N–H and O–H groups in total. The standard InChI is InChI=1S/C15H25N3O3S/c1-21-15-9-8-14(12-17-15)22(19,20)18-11-10-16-13-6-4-2-3-5-7-13/h8-9,12-13,16,18H,2-7,10-11H2,1H3. The Balaban J connectivity index is 1.76. The Labute approximate surface area is 132 Å². The number of hydrogen-bond donors (Lipinski definition) is 2. The number of rotatable bonds is 7. The summed E-state index contributed by atoms with van der Waals surface area (Å²) in [6, 6.07) is 3.56. The molecule has 1 fully saturated rings. The summed E-state index contributed by atoms with van der Waals surface area (Å²) in [7, 11) is -2.01. The second-order valence-electron chi connectivity index (χ2n) is 5.58. The second kappa shape index (κ2) is 8.45. The van der Waals surface area contributed by atoms with E-state index < -0.39 is 10.0 Å². The van der Waals surface area contributed by atoms with Gasteiger partial charge in [-0.3, -0.25) is 0 Å². The molecule has 0 saturated heterocycles. The van der Waals surface area contributed by atoms with Crippen LogP contribution < -0.4 is 14.8 Å². The lowest BCUT2D eigenvalue weighted by atomic mass is 10.1. The summed E-state index contributed by atoms with van der Waals surface area (Å²) in [5.41, 5.74) is 0. The lowest BCUT2D eigenvalue weighted by Gasteiger charge is -2.16. The van der Waals surface area contributed by atoms with E-state index in [2.05, 4.69) is 15.0 Å². The highest BCUT2D eigenvalue weighted by Crippen LogP contribution is 2.17. The van der Waals surface area contributed by atoms with E-state index >= 15 is 0 Å². The molecule has 0 amide bonds. The number of aromatic nitrogens is 1. The summed E-state index contributed by atoms with van der Waals surface area (Å²) >= 11 is 0. The highest BCUT2D eigenvalue weighted by atomic mass is 32.2. The molecule has 0 bridgehead atoms. The van der Waals surface area contributed by atoms with Crippen LogP contribution in [0.5, 0.6) is 5.88 Å². The minimum atomic E-state index is -3.50. The molecule has 1 aliphatic rings. The van der Waals surface area contributed by atoms with Gasteiger partial charge < -0.3 is 10.1 Å². The van der Waals surface area contributed by atoms with Gasteiger partial charge in [0.1, 0.15) is 4.90 Å². The van der Waals surface area contributed by atoms with E-state index in [-0.39, 0.29) is 4.90 Å². The molecular weight excluding hydrogens is 302 g/mol. The normalized spacial score (nSPS) is 17.1. The van der Waals surface area contributed by atoms with E-state index in [1.54, 1.807) is 6.07 Å². The fourth-order valence-corrected chi connectivity index (χ4v) is 3.65. The summed E-state index contributed by atoms with van der Waals surface area (Å²) < 4.78 is 31.8. The minimum absolute atomic E-state index is 0.155. The Hall–Kier alpha value is -1.18. The van der Waals surface area contributed by atoms with Crippen LogP contribution in [-0.2, 0) is 10.0 Å². The highest BCUT2D eigenvalue weighted by molar-refractivity contribution is 7.89. The summed E-state index contributed by atoms with van der Waals surface area (Å²) in [6.45, 7) is 1.03. The van der Waals surface area contributed by atoms with E-state index in [4.69, 9.17) is 4.74 Å². The summed E-state index contributed by atoms with van der Waals surface area (Å²) in [5, 5.41) is 3.44. The van der Waals surface area contributed by atoms with Crippen molar-refractivity contribution in [1.29, 1.82) is 0 Å². The van der Waals surface area contributed by atoms with Crippen LogP contribution in [0.15, 0.2) is 23.2 Å². The van der Waals surface area contributed by atoms with Crippen molar-refractivity contribution in [2.24, 2.45) is 0 Å². The van der Waals surface area contributed by atoms with Gasteiger partial charge >= 0.3 is 0 Å². The average molecular weight is 327 g/mol. The molecule has 7 heteroatoms. The molecule has 0 unspecified atom stereocenters. The predicted octanol–water partition coefficient (Wildman–Crippen LogP) is 1.68. The molecule has 1 saturated carbocycles. The largest absolute Gasteiger partial charge is 0.481 e. The molecular formula is C15H25N3O3S. The quantitative estimate of drug-likeness (QED) is 0.588. The van der Waals surface area contributed by atoms with Crippen molar-refractivity contribution in [2.75, 3.05) is 20.2 Å². The minimum Gasteiger partial charge on any atom is -0.481 e. The zero-order valence-corrected chi connectivity index (χ0v) is 13.9. The van der Waals surface area contributed by atoms with Gasteiger partial charge in [0, 0.05) is 25.2 Å². The topological polar surface area (TPSA) is 80.3 Å². The number of pyridine rings is 1. The second-order valence-corrected chi connectivity index (χ2v) is 7.34. The Kier molecular flexibility index (Phi) is 6.60. The molecule has 1 aromatic heterocycles. The molecule has 124 valence electrons. The molecule has 1 aromatic rings. The van der Waals surface area contributed by atoms with E-state index in [0.29, 0.717) is 25.0 Å². The average Bonchev–Trinajstić information content (AvgIpc) is 2.80. The van der Waals surface area contributed by atoms with E-state index in [0.717, 1.165) is 0 Å². The molecule has 0 aromatic carbocycles. The van der Waals surface area contributed by atoms with Crippen LogP contribution in [0.2, 0.25) is 0 Å². The van der Waals surface area contributed by atoms with Gasteiger partial charge in [-0.05, 0) is 18.9 Å². The lowest BCUT2D eigenvalue weighted by Crippen LogP contribution is -2.36. The van der Waals surface area contributed by atoms with Crippen molar-refractivity contribution in [3.05, 3.63) is 18.3 Å². The van der Waals surface area contributed by atoms with Crippen LogP contribution in [0.4, 0.5) is 0 Å². The van der Waals surface area contributed by atoms with Crippen molar-refractivity contribution in [3.63, 3.8) is 0 Å². The Bertz CT molecular complexity index is 538. The first-order valence-corrected chi connectivity index (χ1v) is 9.33. The highest BCUT2D eigenvalue weighted by Gasteiger charge is 2.15. The van der Waals surface area contributed by atoms with E-state index in [1.165, 1.54) is 57.9 Å². The first-order valence-electron chi connectivity index (χ1n) is 7.85.